The molecule has 1 heterocycles. The molecule has 0 radical (unpaired) electrons. The van der Waals surface area contributed by atoms with Crippen LogP contribution < -0.4 is 15.8 Å². The molecule has 248 valence electrons. The average molecular weight is 719 g/mol. The predicted molar refractivity (Wildman–Crippen MR) is 189 cm³/mol. The number of rotatable bonds is 13. The van der Waals surface area contributed by atoms with E-state index in [9.17, 15) is 19.5 Å². The Hall–Kier alpha value is -3.53. The van der Waals surface area contributed by atoms with Crippen molar-refractivity contribution in [2.24, 2.45) is 5.73 Å². The van der Waals surface area contributed by atoms with Gasteiger partial charge >= 0.3 is 6.09 Å². The Morgan fingerprint density at radius 1 is 0.830 bits per heavy atom. The summed E-state index contributed by atoms with van der Waals surface area (Å²) < 4.78 is 5.82. The summed E-state index contributed by atoms with van der Waals surface area (Å²) in [6.45, 7) is 1.17. The molecule has 1 fully saturated rings. The number of ether oxygens (including phenoxy) is 1. The fourth-order valence-electron chi connectivity index (χ4n) is 5.12. The van der Waals surface area contributed by atoms with Crippen LogP contribution in [-0.2, 0) is 16.0 Å². The summed E-state index contributed by atoms with van der Waals surface area (Å²) in [4.78, 5) is 40.9. The number of carbonyl (C=O) groups is 3. The summed E-state index contributed by atoms with van der Waals surface area (Å²) in [5, 5.41) is 13.3. The number of nitrogens with two attached hydrogens (primary N) is 1. The van der Waals surface area contributed by atoms with Gasteiger partial charge in [0.1, 0.15) is 11.8 Å². The molecule has 0 aromatic heterocycles. The van der Waals surface area contributed by atoms with E-state index in [0.29, 0.717) is 61.3 Å². The molecule has 0 aliphatic carbocycles. The van der Waals surface area contributed by atoms with Crippen molar-refractivity contribution >= 4 is 76.3 Å². The summed E-state index contributed by atoms with van der Waals surface area (Å²) in [5.41, 5.74) is 8.13. The van der Waals surface area contributed by atoms with Crippen LogP contribution in [-0.4, -0.2) is 60.1 Å². The number of carbonyl (C=O) groups excluding carboxylic acids is 2. The van der Waals surface area contributed by atoms with Gasteiger partial charge in [-0.25, -0.2) is 4.79 Å². The number of Topliss-reactive ketones (excluding diaryl/α,β-unsaturated/α-hetero) is 1. The maximum Gasteiger partial charge on any atom is 0.405 e. The molecule has 0 bridgehead atoms. The zero-order valence-electron chi connectivity index (χ0n) is 25.5. The molecule has 2 amide bonds. The number of hydrogen-bond donors (Lipinski definition) is 3. The highest BCUT2D eigenvalue weighted by Crippen LogP contribution is 2.29. The third-order valence-electron chi connectivity index (χ3n) is 7.51. The van der Waals surface area contributed by atoms with Crippen LogP contribution in [0.3, 0.4) is 0 Å². The summed E-state index contributed by atoms with van der Waals surface area (Å²) in [6.07, 6.45) is 6.05. The Labute approximate surface area is 294 Å². The lowest BCUT2D eigenvalue weighted by Gasteiger charge is -2.33. The standard InChI is InChI=1S/C35H35Cl4N3O5/c36-28-11-7-23(17-30(28)38)15-25-20-42(21-26(33(25)43)16-24-8-12-29(37)31(39)18-24)34(44)32(41-35(45)46)19-22-5-9-27(10-6-22)47-14-4-2-1-3-13-40/h5-12,15-18,32,41H,1-4,13-14,19-21,40H2,(H,45,46). The van der Waals surface area contributed by atoms with Gasteiger partial charge in [0.05, 0.1) is 26.7 Å². The molecule has 1 aliphatic heterocycles. The van der Waals surface area contributed by atoms with Crippen molar-refractivity contribution < 1.29 is 24.2 Å². The van der Waals surface area contributed by atoms with E-state index in [1.807, 2.05) is 0 Å². The van der Waals surface area contributed by atoms with Gasteiger partial charge in [-0.3, -0.25) is 9.59 Å². The lowest BCUT2D eigenvalue weighted by atomic mass is 9.93. The Balaban J connectivity index is 1.57. The second-order valence-electron chi connectivity index (χ2n) is 11.1. The van der Waals surface area contributed by atoms with Gasteiger partial charge in [0.25, 0.3) is 0 Å². The minimum absolute atomic E-state index is 0.0491. The number of benzene rings is 3. The van der Waals surface area contributed by atoms with Gasteiger partial charge in [0.2, 0.25) is 5.91 Å². The molecular formula is C35H35Cl4N3O5. The Morgan fingerprint density at radius 3 is 1.89 bits per heavy atom. The zero-order valence-corrected chi connectivity index (χ0v) is 28.5. The smallest absolute Gasteiger partial charge is 0.405 e. The van der Waals surface area contributed by atoms with Crippen molar-refractivity contribution in [2.45, 2.75) is 38.1 Å². The number of hydrogen-bond acceptors (Lipinski definition) is 5. The summed E-state index contributed by atoms with van der Waals surface area (Å²) in [7, 11) is 0. The monoisotopic (exact) mass is 717 g/mol. The fourth-order valence-corrected chi connectivity index (χ4v) is 5.73. The van der Waals surface area contributed by atoms with E-state index in [4.69, 9.17) is 56.9 Å². The predicted octanol–water partition coefficient (Wildman–Crippen LogP) is 7.96. The quantitative estimate of drug-likeness (QED) is 0.122. The minimum atomic E-state index is -1.34. The van der Waals surface area contributed by atoms with Gasteiger partial charge in [-0.1, -0.05) is 83.5 Å². The van der Waals surface area contributed by atoms with Gasteiger partial charge in [-0.2, -0.15) is 0 Å². The highest BCUT2D eigenvalue weighted by molar-refractivity contribution is 6.42. The topological polar surface area (TPSA) is 122 Å². The Kier molecular flexibility index (Phi) is 13.6. The SMILES string of the molecule is NCCCCCCOc1ccc(CC(NC(=O)O)C(=O)N2CC(=Cc3ccc(Cl)c(Cl)c3)C(=O)C(=Cc3ccc(Cl)c(Cl)c3)C2)cc1. The van der Waals surface area contributed by atoms with Crippen molar-refractivity contribution in [1.29, 1.82) is 0 Å². The summed E-state index contributed by atoms with van der Waals surface area (Å²) >= 11 is 24.6. The van der Waals surface area contributed by atoms with Crippen molar-refractivity contribution in [3.8, 4) is 5.75 Å². The van der Waals surface area contributed by atoms with Crippen LogP contribution in [0.5, 0.6) is 5.75 Å². The number of nitrogens with one attached hydrogen (secondary N) is 1. The van der Waals surface area contributed by atoms with Crippen LogP contribution in [0.15, 0.2) is 71.8 Å². The first kappa shape index (κ1) is 36.3. The first-order chi connectivity index (χ1) is 22.5. The van der Waals surface area contributed by atoms with E-state index >= 15 is 0 Å². The highest BCUT2D eigenvalue weighted by atomic mass is 35.5. The molecule has 4 rings (SSSR count). The van der Waals surface area contributed by atoms with Gasteiger partial charge in [-0.15, -0.1) is 0 Å². The minimum Gasteiger partial charge on any atom is -0.494 e. The van der Waals surface area contributed by atoms with Crippen LogP contribution in [0, 0.1) is 0 Å². The van der Waals surface area contributed by atoms with Crippen molar-refractivity contribution in [3.05, 3.63) is 109 Å². The molecule has 0 saturated carbocycles. The van der Waals surface area contributed by atoms with E-state index in [2.05, 4.69) is 5.32 Å². The molecule has 3 aromatic carbocycles. The van der Waals surface area contributed by atoms with Crippen molar-refractivity contribution in [1.82, 2.24) is 10.2 Å². The third-order valence-corrected chi connectivity index (χ3v) is 8.99. The Morgan fingerprint density at radius 2 is 1.38 bits per heavy atom. The van der Waals surface area contributed by atoms with Crippen LogP contribution in [0.1, 0.15) is 42.4 Å². The van der Waals surface area contributed by atoms with Gasteiger partial charge in [0.15, 0.2) is 5.78 Å². The molecule has 8 nitrogen and oxygen atoms in total. The molecule has 1 unspecified atom stereocenters. The third kappa shape index (κ3) is 10.7. The number of unbranched alkanes of at least 4 members (excludes halogenated alkanes) is 3. The molecular weight excluding hydrogens is 684 g/mol. The Bertz CT molecular complexity index is 1590. The van der Waals surface area contributed by atoms with E-state index in [1.54, 1.807) is 72.8 Å². The maximum absolute atomic E-state index is 14.0. The van der Waals surface area contributed by atoms with Crippen molar-refractivity contribution in [2.75, 3.05) is 26.2 Å². The number of amides is 2. The number of carboxylic acid groups (broad SMARTS) is 1. The normalized spacial score (nSPS) is 15.6. The number of halogens is 4. The first-order valence-electron chi connectivity index (χ1n) is 15.1. The molecule has 0 spiro atoms. The summed E-state index contributed by atoms with van der Waals surface area (Å²) in [5.74, 6) is -0.0768. The second kappa shape index (κ2) is 17.6. The van der Waals surface area contributed by atoms with Crippen molar-refractivity contribution in [3.63, 3.8) is 0 Å². The molecule has 3 aromatic rings. The van der Waals surface area contributed by atoms with E-state index in [-0.39, 0.29) is 25.3 Å². The molecule has 4 N–H and O–H groups in total. The van der Waals surface area contributed by atoms with Gasteiger partial charge < -0.3 is 25.8 Å². The van der Waals surface area contributed by atoms with E-state index in [1.165, 1.54) is 4.90 Å². The van der Waals surface area contributed by atoms with E-state index in [0.717, 1.165) is 31.2 Å². The van der Waals surface area contributed by atoms with Crippen LogP contribution >= 0.6 is 46.4 Å². The molecule has 47 heavy (non-hydrogen) atoms. The number of likely N-dealkylation sites (tertiary alicyclic amines) is 1. The number of ketones is 1. The molecule has 1 saturated heterocycles. The van der Waals surface area contributed by atoms with Crippen LogP contribution in [0.25, 0.3) is 12.2 Å². The summed E-state index contributed by atoms with van der Waals surface area (Å²) in [6, 6.07) is 16.0. The average Bonchev–Trinajstić information content (AvgIpc) is 3.04. The largest absolute Gasteiger partial charge is 0.494 e. The van der Waals surface area contributed by atoms with Gasteiger partial charge in [-0.05, 0) is 84.6 Å². The molecule has 1 atom stereocenters. The second-order valence-corrected chi connectivity index (χ2v) is 12.7. The van der Waals surface area contributed by atoms with Crippen LogP contribution in [0.4, 0.5) is 4.79 Å². The van der Waals surface area contributed by atoms with Crippen LogP contribution in [0.2, 0.25) is 20.1 Å². The number of piperidine rings is 1. The lowest BCUT2D eigenvalue weighted by Crippen LogP contribution is -2.52. The lowest BCUT2D eigenvalue weighted by molar-refractivity contribution is -0.133. The maximum atomic E-state index is 14.0. The first-order valence-corrected chi connectivity index (χ1v) is 16.6. The highest BCUT2D eigenvalue weighted by Gasteiger charge is 2.33. The molecule has 1 aliphatic rings. The number of nitrogens with zero attached hydrogens (tertiary/aromatic N) is 1. The van der Waals surface area contributed by atoms with E-state index < -0.39 is 18.0 Å². The van der Waals surface area contributed by atoms with Gasteiger partial charge in [0, 0.05) is 30.7 Å². The fraction of sp³-hybridized carbons (Fsp3) is 0.286. The molecule has 12 heteroatoms. The zero-order chi connectivity index (χ0) is 33.9.